The van der Waals surface area contributed by atoms with E-state index in [0.29, 0.717) is 15.1 Å². The summed E-state index contributed by atoms with van der Waals surface area (Å²) in [5.74, 6) is -0.255. The van der Waals surface area contributed by atoms with Gasteiger partial charge in [0, 0.05) is 22.6 Å². The average molecular weight is 321 g/mol. The first-order chi connectivity index (χ1) is 7.99. The van der Waals surface area contributed by atoms with Crippen LogP contribution >= 0.6 is 27.5 Å². The fourth-order valence-electron chi connectivity index (χ4n) is 1.77. The molecule has 2 N–H and O–H groups in total. The molecule has 1 aromatic rings. The maximum Gasteiger partial charge on any atom is 0.255 e. The molecule has 4 nitrogen and oxygen atoms in total. The second-order valence-corrected chi connectivity index (χ2v) is 5.26. The first-order valence-corrected chi connectivity index (χ1v) is 6.26. The Morgan fingerprint density at radius 3 is 2.53 bits per heavy atom. The lowest BCUT2D eigenvalue weighted by atomic mass is 10.2. The maximum atomic E-state index is 12.1. The number of hydrogen-bond acceptors (Lipinski definition) is 3. The van der Waals surface area contributed by atoms with Crippen LogP contribution in [-0.4, -0.2) is 46.3 Å². The molecule has 0 aromatic heterocycles. The van der Waals surface area contributed by atoms with Crippen LogP contribution in [0, 0.1) is 0 Å². The van der Waals surface area contributed by atoms with Crippen LogP contribution in [-0.2, 0) is 0 Å². The second-order valence-electron chi connectivity index (χ2n) is 3.97. The summed E-state index contributed by atoms with van der Waals surface area (Å²) in [4.78, 5) is 13.5. The minimum Gasteiger partial charge on any atom is -0.388 e. The van der Waals surface area contributed by atoms with Crippen LogP contribution < -0.4 is 0 Å². The first-order valence-electron chi connectivity index (χ1n) is 5.09. The number of carbonyl (C=O) groups excluding carboxylic acids is 1. The Morgan fingerprint density at radius 2 is 1.94 bits per heavy atom. The lowest BCUT2D eigenvalue weighted by Gasteiger charge is -2.16. The molecule has 0 radical (unpaired) electrons. The summed E-state index contributed by atoms with van der Waals surface area (Å²) in [5.41, 5.74) is 0.429. The Hall–Kier alpha value is -0.620. The molecule has 2 rings (SSSR count). The van der Waals surface area contributed by atoms with Gasteiger partial charge in [-0.05, 0) is 34.1 Å². The van der Waals surface area contributed by atoms with E-state index < -0.39 is 12.2 Å². The van der Waals surface area contributed by atoms with Crippen molar-refractivity contribution in [1.29, 1.82) is 0 Å². The monoisotopic (exact) mass is 319 g/mol. The Morgan fingerprint density at radius 1 is 1.35 bits per heavy atom. The van der Waals surface area contributed by atoms with Crippen LogP contribution in [0.1, 0.15) is 10.4 Å². The zero-order valence-electron chi connectivity index (χ0n) is 8.81. The Labute approximate surface area is 112 Å². The normalized spacial score (nSPS) is 24.1. The third kappa shape index (κ3) is 2.63. The van der Waals surface area contributed by atoms with Crippen molar-refractivity contribution in [1.82, 2.24) is 4.90 Å². The predicted molar refractivity (Wildman–Crippen MR) is 67.1 cm³/mol. The number of halogens is 2. The van der Waals surface area contributed by atoms with Crippen LogP contribution in [0.4, 0.5) is 0 Å². The second kappa shape index (κ2) is 4.94. The Bertz CT molecular complexity index is 444. The highest BCUT2D eigenvalue weighted by Crippen LogP contribution is 2.24. The molecule has 0 bridgehead atoms. The van der Waals surface area contributed by atoms with E-state index in [2.05, 4.69) is 15.9 Å². The molecule has 1 aliphatic rings. The van der Waals surface area contributed by atoms with Gasteiger partial charge in [0.05, 0.1) is 17.8 Å². The number of rotatable bonds is 1. The van der Waals surface area contributed by atoms with Crippen molar-refractivity contribution in [3.8, 4) is 0 Å². The molecule has 0 aliphatic carbocycles. The molecule has 92 valence electrons. The van der Waals surface area contributed by atoms with Gasteiger partial charge in [0.25, 0.3) is 5.91 Å². The van der Waals surface area contributed by atoms with Crippen molar-refractivity contribution in [2.75, 3.05) is 13.1 Å². The van der Waals surface area contributed by atoms with Gasteiger partial charge in [0.2, 0.25) is 0 Å². The minimum atomic E-state index is -0.878. The van der Waals surface area contributed by atoms with E-state index in [1.807, 2.05) is 0 Å². The van der Waals surface area contributed by atoms with Crippen molar-refractivity contribution in [3.63, 3.8) is 0 Å². The summed E-state index contributed by atoms with van der Waals surface area (Å²) < 4.78 is 0.641. The lowest BCUT2D eigenvalue weighted by molar-refractivity contribution is 0.0572. The van der Waals surface area contributed by atoms with Gasteiger partial charge >= 0.3 is 0 Å². The maximum absolute atomic E-state index is 12.1. The number of hydrogen-bond donors (Lipinski definition) is 2. The number of likely N-dealkylation sites (tertiary alicyclic amines) is 1. The molecule has 1 fully saturated rings. The van der Waals surface area contributed by atoms with Crippen molar-refractivity contribution in [2.45, 2.75) is 12.2 Å². The zero-order valence-corrected chi connectivity index (χ0v) is 11.1. The van der Waals surface area contributed by atoms with Gasteiger partial charge in [-0.15, -0.1) is 0 Å². The first kappa shape index (κ1) is 12.8. The zero-order chi connectivity index (χ0) is 12.6. The fraction of sp³-hybridized carbons (Fsp3) is 0.364. The van der Waals surface area contributed by atoms with E-state index in [1.54, 1.807) is 18.2 Å². The lowest BCUT2D eigenvalue weighted by Crippen LogP contribution is -2.30. The molecule has 17 heavy (non-hydrogen) atoms. The largest absolute Gasteiger partial charge is 0.388 e. The molecular weight excluding hydrogens is 309 g/mol. The molecular formula is C11H11BrClNO3. The molecule has 1 heterocycles. The van der Waals surface area contributed by atoms with Gasteiger partial charge in [-0.25, -0.2) is 0 Å². The van der Waals surface area contributed by atoms with Gasteiger partial charge in [0.1, 0.15) is 0 Å². The van der Waals surface area contributed by atoms with Gasteiger partial charge < -0.3 is 15.1 Å². The van der Waals surface area contributed by atoms with E-state index in [9.17, 15) is 15.0 Å². The van der Waals surface area contributed by atoms with Crippen LogP contribution in [0.15, 0.2) is 22.7 Å². The van der Waals surface area contributed by atoms with E-state index in [0.717, 1.165) is 0 Å². The van der Waals surface area contributed by atoms with Crippen molar-refractivity contribution in [2.24, 2.45) is 0 Å². The summed E-state index contributed by atoms with van der Waals surface area (Å²) in [7, 11) is 0. The summed E-state index contributed by atoms with van der Waals surface area (Å²) in [6, 6.07) is 4.93. The number of β-amino-alcohol motifs (C(OH)–C–C–N with tert-alkyl or cyclic N) is 2. The molecule has 0 saturated carbocycles. The smallest absolute Gasteiger partial charge is 0.255 e. The number of carbonyl (C=O) groups is 1. The Balaban J connectivity index is 2.23. The molecule has 1 saturated heterocycles. The molecule has 1 aromatic carbocycles. The molecule has 1 aliphatic heterocycles. The van der Waals surface area contributed by atoms with E-state index in [4.69, 9.17) is 11.6 Å². The number of aliphatic hydroxyl groups is 2. The van der Waals surface area contributed by atoms with Crippen LogP contribution in [0.5, 0.6) is 0 Å². The van der Waals surface area contributed by atoms with Crippen molar-refractivity contribution < 1.29 is 15.0 Å². The fourth-order valence-corrected chi connectivity index (χ4v) is 2.36. The molecule has 1 amide bonds. The molecule has 2 atom stereocenters. The van der Waals surface area contributed by atoms with E-state index in [1.165, 1.54) is 4.90 Å². The molecule has 2 unspecified atom stereocenters. The minimum absolute atomic E-state index is 0.138. The third-order valence-corrected chi connectivity index (χ3v) is 3.63. The quantitative estimate of drug-likeness (QED) is 0.819. The van der Waals surface area contributed by atoms with E-state index >= 15 is 0 Å². The van der Waals surface area contributed by atoms with Crippen LogP contribution in [0.25, 0.3) is 0 Å². The standard InChI is InChI=1S/C11H11BrClNO3/c12-8-2-1-6(13)3-7(8)11(17)14-4-9(15)10(16)5-14/h1-3,9-10,15-16H,4-5H2. The van der Waals surface area contributed by atoms with Gasteiger partial charge in [-0.3, -0.25) is 4.79 Å². The van der Waals surface area contributed by atoms with E-state index in [-0.39, 0.29) is 19.0 Å². The highest BCUT2D eigenvalue weighted by Gasteiger charge is 2.33. The highest BCUT2D eigenvalue weighted by atomic mass is 79.9. The van der Waals surface area contributed by atoms with Gasteiger partial charge in [-0.2, -0.15) is 0 Å². The third-order valence-electron chi connectivity index (χ3n) is 2.71. The average Bonchev–Trinajstić information content (AvgIpc) is 2.62. The van der Waals surface area contributed by atoms with Crippen LogP contribution in [0.3, 0.4) is 0 Å². The summed E-state index contributed by atoms with van der Waals surface area (Å²) in [5, 5.41) is 19.3. The van der Waals surface area contributed by atoms with Gasteiger partial charge in [0.15, 0.2) is 0 Å². The Kier molecular flexibility index (Phi) is 3.73. The summed E-state index contributed by atoms with van der Waals surface area (Å²) in [6.45, 7) is 0.276. The van der Waals surface area contributed by atoms with Crippen molar-refractivity contribution in [3.05, 3.63) is 33.3 Å². The summed E-state index contributed by atoms with van der Waals surface area (Å²) >= 11 is 9.11. The van der Waals surface area contributed by atoms with Gasteiger partial charge in [-0.1, -0.05) is 11.6 Å². The SMILES string of the molecule is O=C(c1cc(Cl)ccc1Br)N1CC(O)C(O)C1. The topological polar surface area (TPSA) is 60.8 Å². The number of nitrogens with zero attached hydrogens (tertiary/aromatic N) is 1. The molecule has 0 spiro atoms. The number of aliphatic hydroxyl groups excluding tert-OH is 2. The predicted octanol–water partition coefficient (Wildman–Crippen LogP) is 1.28. The van der Waals surface area contributed by atoms with Crippen LogP contribution in [0.2, 0.25) is 5.02 Å². The number of benzene rings is 1. The highest BCUT2D eigenvalue weighted by molar-refractivity contribution is 9.10. The summed E-state index contributed by atoms with van der Waals surface area (Å²) in [6.07, 6.45) is -1.76. The number of amides is 1. The molecule has 6 heteroatoms. The van der Waals surface area contributed by atoms with Crippen molar-refractivity contribution >= 4 is 33.4 Å².